The number of aliphatic hydroxyl groups excluding tert-OH is 1. The minimum Gasteiger partial charge on any atom is -0.507 e. The largest absolute Gasteiger partial charge is 0.507 e. The van der Waals surface area contributed by atoms with E-state index in [-0.39, 0.29) is 17.4 Å². The van der Waals surface area contributed by atoms with Gasteiger partial charge in [-0.3, -0.25) is 0 Å². The fraction of sp³-hybridized carbons (Fsp3) is 0.333. The van der Waals surface area contributed by atoms with Crippen LogP contribution in [0.3, 0.4) is 0 Å². The second-order valence-electron chi connectivity index (χ2n) is 3.69. The van der Waals surface area contributed by atoms with Gasteiger partial charge in [0.15, 0.2) is 0 Å². The summed E-state index contributed by atoms with van der Waals surface area (Å²) < 4.78 is 0. The van der Waals surface area contributed by atoms with Crippen molar-refractivity contribution in [2.24, 2.45) is 0 Å². The van der Waals surface area contributed by atoms with Crippen LogP contribution in [0.1, 0.15) is 37.3 Å². The monoisotopic (exact) mass is 190 g/mol. The Hall–Kier alpha value is -1.44. The average molecular weight is 190 g/mol. The van der Waals surface area contributed by atoms with Crippen LogP contribution in [0.2, 0.25) is 0 Å². The van der Waals surface area contributed by atoms with Crippen LogP contribution in [-0.4, -0.2) is 10.2 Å². The molecular weight excluding hydrogens is 176 g/mol. The number of hydrogen-bond donors (Lipinski definition) is 2. The Labute approximate surface area is 83.5 Å². The van der Waals surface area contributed by atoms with E-state index in [1.165, 1.54) is 0 Å². The molecule has 0 aliphatic heterocycles. The number of allylic oxidation sites excluding steroid dienone is 1. The van der Waals surface area contributed by atoms with Gasteiger partial charge in [-0.1, -0.05) is 26.0 Å². The van der Waals surface area contributed by atoms with Gasteiger partial charge in [0.25, 0.3) is 0 Å². The number of aliphatic hydroxyl groups is 1. The van der Waals surface area contributed by atoms with Crippen molar-refractivity contribution in [3.05, 3.63) is 34.9 Å². The minimum atomic E-state index is 0.176. The number of fused-ring (bicyclic) bond motifs is 1. The molecule has 0 spiro atoms. The van der Waals surface area contributed by atoms with Gasteiger partial charge in [0.1, 0.15) is 11.5 Å². The topological polar surface area (TPSA) is 40.5 Å². The summed E-state index contributed by atoms with van der Waals surface area (Å²) in [5, 5.41) is 19.6. The van der Waals surface area contributed by atoms with Crippen molar-refractivity contribution >= 4 is 5.76 Å². The van der Waals surface area contributed by atoms with E-state index in [9.17, 15) is 10.2 Å². The number of benzene rings is 1. The Morgan fingerprint density at radius 3 is 2.57 bits per heavy atom. The van der Waals surface area contributed by atoms with Crippen LogP contribution < -0.4 is 0 Å². The highest BCUT2D eigenvalue weighted by atomic mass is 16.3. The smallest absolute Gasteiger partial charge is 0.126 e. The number of aromatic hydroxyl groups is 1. The fourth-order valence-electron chi connectivity index (χ4n) is 2.20. The molecule has 74 valence electrons. The molecule has 0 saturated carbocycles. The number of rotatable bonds is 1. The quantitative estimate of drug-likeness (QED) is 0.714. The second-order valence-corrected chi connectivity index (χ2v) is 3.69. The van der Waals surface area contributed by atoms with Crippen molar-refractivity contribution in [3.8, 4) is 5.75 Å². The first-order valence-electron chi connectivity index (χ1n) is 4.91. The average Bonchev–Trinajstić information content (AvgIpc) is 2.41. The van der Waals surface area contributed by atoms with E-state index in [0.717, 1.165) is 17.6 Å². The summed E-state index contributed by atoms with van der Waals surface area (Å²) in [6.07, 6.45) is 0.821. The summed E-state index contributed by atoms with van der Waals surface area (Å²) in [7, 11) is 0. The first kappa shape index (κ1) is 9.13. The minimum absolute atomic E-state index is 0.176. The summed E-state index contributed by atoms with van der Waals surface area (Å²) in [6.45, 7) is 4.07. The lowest BCUT2D eigenvalue weighted by Crippen LogP contribution is -1.91. The van der Waals surface area contributed by atoms with Crippen LogP contribution in [0.5, 0.6) is 5.75 Å². The van der Waals surface area contributed by atoms with E-state index >= 15 is 0 Å². The third-order valence-corrected chi connectivity index (χ3v) is 2.99. The SMILES string of the molecule is CCC1=C(O)c2c(O)cccc2C1C. The first-order valence-corrected chi connectivity index (χ1v) is 4.91. The molecule has 1 atom stereocenters. The van der Waals surface area contributed by atoms with Crippen LogP contribution >= 0.6 is 0 Å². The molecule has 0 bridgehead atoms. The Kier molecular flexibility index (Phi) is 1.99. The number of phenolic OH excluding ortho intramolecular Hbond substituents is 1. The van der Waals surface area contributed by atoms with Gasteiger partial charge < -0.3 is 10.2 Å². The second kappa shape index (κ2) is 3.05. The third-order valence-electron chi connectivity index (χ3n) is 2.99. The first-order chi connectivity index (χ1) is 6.66. The van der Waals surface area contributed by atoms with Gasteiger partial charge in [0.2, 0.25) is 0 Å². The number of hydrogen-bond acceptors (Lipinski definition) is 2. The molecule has 0 radical (unpaired) electrons. The Balaban J connectivity index is 2.65. The van der Waals surface area contributed by atoms with Gasteiger partial charge in [-0.15, -0.1) is 0 Å². The molecule has 2 nitrogen and oxygen atoms in total. The van der Waals surface area contributed by atoms with E-state index in [0.29, 0.717) is 5.56 Å². The molecule has 2 N–H and O–H groups in total. The molecule has 0 amide bonds. The molecule has 2 rings (SSSR count). The van der Waals surface area contributed by atoms with Crippen molar-refractivity contribution in [3.63, 3.8) is 0 Å². The van der Waals surface area contributed by atoms with E-state index in [2.05, 4.69) is 6.92 Å². The molecule has 1 aliphatic carbocycles. The summed E-state index contributed by atoms with van der Waals surface area (Å²) in [5.41, 5.74) is 2.66. The highest BCUT2D eigenvalue weighted by molar-refractivity contribution is 5.76. The van der Waals surface area contributed by atoms with Crippen molar-refractivity contribution in [1.29, 1.82) is 0 Å². The Morgan fingerprint density at radius 1 is 1.29 bits per heavy atom. The van der Waals surface area contributed by atoms with Crippen LogP contribution in [0.15, 0.2) is 23.8 Å². The Bertz CT molecular complexity index is 405. The summed E-state index contributed by atoms with van der Waals surface area (Å²) in [6, 6.07) is 5.38. The molecule has 0 heterocycles. The van der Waals surface area contributed by atoms with E-state index < -0.39 is 0 Å². The maximum Gasteiger partial charge on any atom is 0.126 e. The van der Waals surface area contributed by atoms with Gasteiger partial charge in [-0.2, -0.15) is 0 Å². The summed E-state index contributed by atoms with van der Waals surface area (Å²) >= 11 is 0. The van der Waals surface area contributed by atoms with Crippen molar-refractivity contribution in [2.75, 3.05) is 0 Å². The molecule has 1 unspecified atom stereocenters. The van der Waals surface area contributed by atoms with E-state index in [1.54, 1.807) is 6.07 Å². The maximum absolute atomic E-state index is 9.91. The predicted octanol–water partition coefficient (Wildman–Crippen LogP) is 3.19. The van der Waals surface area contributed by atoms with Crippen LogP contribution in [0.25, 0.3) is 5.76 Å². The zero-order valence-electron chi connectivity index (χ0n) is 8.41. The molecule has 14 heavy (non-hydrogen) atoms. The van der Waals surface area contributed by atoms with Crippen molar-refractivity contribution < 1.29 is 10.2 Å². The maximum atomic E-state index is 9.91. The lowest BCUT2D eigenvalue weighted by molar-refractivity contribution is 0.460. The molecule has 1 aliphatic rings. The van der Waals surface area contributed by atoms with Gasteiger partial charge >= 0.3 is 0 Å². The lowest BCUT2D eigenvalue weighted by atomic mass is 9.96. The summed E-state index contributed by atoms with van der Waals surface area (Å²) in [4.78, 5) is 0. The molecule has 0 saturated heterocycles. The Morgan fingerprint density at radius 2 is 2.00 bits per heavy atom. The molecule has 2 heteroatoms. The predicted molar refractivity (Wildman–Crippen MR) is 56.4 cm³/mol. The van der Waals surface area contributed by atoms with Crippen LogP contribution in [0.4, 0.5) is 0 Å². The van der Waals surface area contributed by atoms with Gasteiger partial charge in [0.05, 0.1) is 5.56 Å². The zero-order valence-corrected chi connectivity index (χ0v) is 8.41. The standard InChI is InChI=1S/C12H14O2/c1-3-8-7(2)9-5-4-6-10(13)11(9)12(8)14/h4-7,13-14H,3H2,1-2H3. The normalized spacial score (nSPS) is 20.0. The fourth-order valence-corrected chi connectivity index (χ4v) is 2.20. The number of phenols is 1. The van der Waals surface area contributed by atoms with Crippen molar-refractivity contribution in [2.45, 2.75) is 26.2 Å². The third kappa shape index (κ3) is 1.03. The van der Waals surface area contributed by atoms with Gasteiger partial charge in [-0.05, 0) is 23.6 Å². The van der Waals surface area contributed by atoms with Gasteiger partial charge in [-0.25, -0.2) is 0 Å². The van der Waals surface area contributed by atoms with E-state index in [4.69, 9.17) is 0 Å². The molecular formula is C12H14O2. The molecule has 1 aromatic carbocycles. The highest BCUT2D eigenvalue weighted by Gasteiger charge is 2.28. The summed E-state index contributed by atoms with van der Waals surface area (Å²) in [5.74, 6) is 0.672. The van der Waals surface area contributed by atoms with Crippen LogP contribution in [0, 0.1) is 0 Å². The highest BCUT2D eigenvalue weighted by Crippen LogP contribution is 2.45. The molecule has 1 aromatic rings. The van der Waals surface area contributed by atoms with Crippen LogP contribution in [-0.2, 0) is 0 Å². The van der Waals surface area contributed by atoms with Gasteiger partial charge in [0, 0.05) is 5.92 Å². The van der Waals surface area contributed by atoms with Crippen molar-refractivity contribution in [1.82, 2.24) is 0 Å². The molecule has 0 fully saturated rings. The lowest BCUT2D eigenvalue weighted by Gasteiger charge is -2.07. The van der Waals surface area contributed by atoms with E-state index in [1.807, 2.05) is 19.1 Å². The molecule has 0 aromatic heterocycles. The zero-order chi connectivity index (χ0) is 10.3.